The summed E-state index contributed by atoms with van der Waals surface area (Å²) in [7, 11) is 4.65. The van der Waals surface area contributed by atoms with Gasteiger partial charge in [-0.25, -0.2) is 0 Å². The van der Waals surface area contributed by atoms with Crippen molar-refractivity contribution >= 4 is 21.8 Å². The second-order valence-electron chi connectivity index (χ2n) is 3.80. The Morgan fingerprint density at radius 3 is 2.32 bits per heavy atom. The maximum absolute atomic E-state index is 12.2. The van der Waals surface area contributed by atoms with Crippen LogP contribution in [0.5, 0.6) is 11.5 Å². The van der Waals surface area contributed by atoms with Gasteiger partial charge in [-0.2, -0.15) is 0 Å². The van der Waals surface area contributed by atoms with Gasteiger partial charge in [0, 0.05) is 13.7 Å². The molecule has 106 valence electrons. The van der Waals surface area contributed by atoms with Crippen molar-refractivity contribution in [3.05, 3.63) is 23.8 Å². The first kappa shape index (κ1) is 15.8. The molecule has 6 heteroatoms. The summed E-state index contributed by atoms with van der Waals surface area (Å²) < 4.78 is 15.4. The van der Waals surface area contributed by atoms with Gasteiger partial charge in [-0.15, -0.1) is 0 Å². The third kappa shape index (κ3) is 4.40. The first-order valence-electron chi connectivity index (χ1n) is 5.76. The number of rotatable bonds is 7. The molecule has 0 saturated carbocycles. The Bertz CT molecular complexity index is 403. The molecule has 0 saturated heterocycles. The molecule has 1 aromatic carbocycles. The van der Waals surface area contributed by atoms with Crippen LogP contribution < -0.4 is 14.8 Å². The van der Waals surface area contributed by atoms with Crippen LogP contribution in [0.15, 0.2) is 18.2 Å². The molecule has 1 N–H and O–H groups in total. The van der Waals surface area contributed by atoms with Gasteiger partial charge in [0.05, 0.1) is 25.7 Å². The molecule has 0 bridgehead atoms. The number of ether oxygens (including phenoxy) is 3. The standard InChI is InChI=1S/C13H18BrNO4/c1-17-8-9(14)7-15-13(16)12-10(18-2)5-4-6-11(12)19-3/h4-6,9H,7-8H2,1-3H3,(H,15,16). The summed E-state index contributed by atoms with van der Waals surface area (Å²) in [5, 5.41) is 2.81. The van der Waals surface area contributed by atoms with Crippen LogP contribution in [0.4, 0.5) is 0 Å². The van der Waals surface area contributed by atoms with E-state index in [-0.39, 0.29) is 10.7 Å². The number of alkyl halides is 1. The van der Waals surface area contributed by atoms with E-state index < -0.39 is 0 Å². The van der Waals surface area contributed by atoms with Gasteiger partial charge >= 0.3 is 0 Å². The second kappa shape index (κ2) is 8.01. The lowest BCUT2D eigenvalue weighted by Crippen LogP contribution is -2.31. The lowest BCUT2D eigenvalue weighted by Gasteiger charge is -2.14. The molecule has 1 rings (SSSR count). The van der Waals surface area contributed by atoms with E-state index in [0.29, 0.717) is 30.2 Å². The van der Waals surface area contributed by atoms with Crippen molar-refractivity contribution in [1.29, 1.82) is 0 Å². The molecule has 1 atom stereocenters. The number of carbonyl (C=O) groups is 1. The lowest BCUT2D eigenvalue weighted by atomic mass is 10.1. The van der Waals surface area contributed by atoms with Crippen LogP contribution in [-0.4, -0.2) is 45.2 Å². The van der Waals surface area contributed by atoms with E-state index in [1.807, 2.05) is 0 Å². The molecule has 0 fully saturated rings. The summed E-state index contributed by atoms with van der Waals surface area (Å²) >= 11 is 3.41. The Balaban J connectivity index is 2.81. The number of nitrogens with one attached hydrogen (secondary N) is 1. The topological polar surface area (TPSA) is 56.8 Å². The predicted octanol–water partition coefficient (Wildman–Crippen LogP) is 1.84. The summed E-state index contributed by atoms with van der Waals surface area (Å²) in [6.45, 7) is 0.969. The van der Waals surface area contributed by atoms with Crippen molar-refractivity contribution in [2.45, 2.75) is 4.83 Å². The molecule has 19 heavy (non-hydrogen) atoms. The minimum atomic E-state index is -0.241. The van der Waals surface area contributed by atoms with Crippen molar-refractivity contribution in [1.82, 2.24) is 5.32 Å². The lowest BCUT2D eigenvalue weighted by molar-refractivity contribution is 0.0944. The van der Waals surface area contributed by atoms with Crippen LogP contribution in [0.1, 0.15) is 10.4 Å². The molecule has 1 aromatic rings. The maximum atomic E-state index is 12.2. The van der Waals surface area contributed by atoms with E-state index in [4.69, 9.17) is 14.2 Å². The summed E-state index contributed by atoms with van der Waals surface area (Å²) in [5.74, 6) is 0.722. The number of benzene rings is 1. The SMILES string of the molecule is COCC(Br)CNC(=O)c1c(OC)cccc1OC. The third-order valence-corrected chi connectivity index (χ3v) is 3.07. The average molecular weight is 332 g/mol. The molecule has 1 unspecified atom stereocenters. The number of hydrogen-bond acceptors (Lipinski definition) is 4. The first-order chi connectivity index (χ1) is 9.13. The fourth-order valence-electron chi connectivity index (χ4n) is 1.61. The number of carbonyl (C=O) groups excluding carboxylic acids is 1. The normalized spacial score (nSPS) is 11.8. The summed E-state index contributed by atoms with van der Waals surface area (Å²) in [4.78, 5) is 12.2. The molecule has 1 amide bonds. The maximum Gasteiger partial charge on any atom is 0.258 e. The molecular formula is C13H18BrNO4. The van der Waals surface area contributed by atoms with Crippen LogP contribution in [0, 0.1) is 0 Å². The average Bonchev–Trinajstić information content (AvgIpc) is 2.44. The molecule has 0 aliphatic rings. The highest BCUT2D eigenvalue weighted by Crippen LogP contribution is 2.27. The molecule has 0 aromatic heterocycles. The molecule has 0 heterocycles. The van der Waals surface area contributed by atoms with Crippen molar-refractivity contribution in [3.63, 3.8) is 0 Å². The van der Waals surface area contributed by atoms with Crippen LogP contribution in [0.25, 0.3) is 0 Å². The van der Waals surface area contributed by atoms with E-state index in [9.17, 15) is 4.79 Å². The Morgan fingerprint density at radius 2 is 1.84 bits per heavy atom. The summed E-state index contributed by atoms with van der Waals surface area (Å²) in [6, 6.07) is 5.21. The van der Waals surface area contributed by atoms with Crippen LogP contribution in [-0.2, 0) is 4.74 Å². The Kier molecular flexibility index (Phi) is 6.66. The van der Waals surface area contributed by atoms with Crippen molar-refractivity contribution in [2.24, 2.45) is 0 Å². The van der Waals surface area contributed by atoms with Gasteiger partial charge in [0.2, 0.25) is 0 Å². The van der Waals surface area contributed by atoms with Gasteiger partial charge in [-0.1, -0.05) is 22.0 Å². The quantitative estimate of drug-likeness (QED) is 0.774. The summed E-state index contributed by atoms with van der Waals surface area (Å²) in [5.41, 5.74) is 0.393. The number of amides is 1. The van der Waals surface area contributed by atoms with Gasteiger partial charge in [-0.3, -0.25) is 4.79 Å². The zero-order valence-corrected chi connectivity index (χ0v) is 12.8. The van der Waals surface area contributed by atoms with Crippen LogP contribution in [0.2, 0.25) is 0 Å². The fourth-order valence-corrected chi connectivity index (χ4v) is 2.03. The van der Waals surface area contributed by atoms with Gasteiger partial charge in [-0.05, 0) is 12.1 Å². The highest BCUT2D eigenvalue weighted by Gasteiger charge is 2.18. The number of halogens is 1. The van der Waals surface area contributed by atoms with Gasteiger partial charge in [0.25, 0.3) is 5.91 Å². The third-order valence-electron chi connectivity index (χ3n) is 2.49. The Labute approximate surface area is 121 Å². The minimum Gasteiger partial charge on any atom is -0.496 e. The summed E-state index contributed by atoms with van der Waals surface area (Å²) in [6.07, 6.45) is 0. The Morgan fingerprint density at radius 1 is 1.26 bits per heavy atom. The van der Waals surface area contributed by atoms with Gasteiger partial charge in [0.15, 0.2) is 0 Å². The molecule has 0 aliphatic carbocycles. The Hall–Kier alpha value is -1.27. The highest BCUT2D eigenvalue weighted by atomic mass is 79.9. The second-order valence-corrected chi connectivity index (χ2v) is 5.10. The number of methoxy groups -OCH3 is 3. The predicted molar refractivity (Wildman–Crippen MR) is 76.5 cm³/mol. The van der Waals surface area contributed by atoms with Crippen molar-refractivity contribution < 1.29 is 19.0 Å². The zero-order chi connectivity index (χ0) is 14.3. The first-order valence-corrected chi connectivity index (χ1v) is 6.67. The molecule has 0 radical (unpaired) electrons. The van der Waals surface area contributed by atoms with E-state index in [1.165, 1.54) is 14.2 Å². The van der Waals surface area contributed by atoms with Gasteiger partial charge in [0.1, 0.15) is 17.1 Å². The highest BCUT2D eigenvalue weighted by molar-refractivity contribution is 9.09. The molecular weight excluding hydrogens is 314 g/mol. The monoisotopic (exact) mass is 331 g/mol. The largest absolute Gasteiger partial charge is 0.496 e. The van der Waals surface area contributed by atoms with Crippen molar-refractivity contribution in [2.75, 3.05) is 34.5 Å². The van der Waals surface area contributed by atoms with E-state index in [2.05, 4.69) is 21.2 Å². The molecule has 0 spiro atoms. The fraction of sp³-hybridized carbons (Fsp3) is 0.462. The van der Waals surface area contributed by atoms with Gasteiger partial charge < -0.3 is 19.5 Å². The molecule has 0 aliphatic heterocycles. The number of hydrogen-bond donors (Lipinski definition) is 1. The van der Waals surface area contributed by atoms with Crippen molar-refractivity contribution in [3.8, 4) is 11.5 Å². The minimum absolute atomic E-state index is 0.0575. The van der Waals surface area contributed by atoms with E-state index in [1.54, 1.807) is 25.3 Å². The van der Waals surface area contributed by atoms with E-state index >= 15 is 0 Å². The van der Waals surface area contributed by atoms with Crippen LogP contribution in [0.3, 0.4) is 0 Å². The van der Waals surface area contributed by atoms with E-state index in [0.717, 1.165) is 0 Å². The smallest absolute Gasteiger partial charge is 0.258 e. The molecule has 5 nitrogen and oxygen atoms in total. The zero-order valence-electron chi connectivity index (χ0n) is 11.2. The van der Waals surface area contributed by atoms with Crippen LogP contribution >= 0.6 is 15.9 Å².